The molecule has 1 aliphatic rings. The quantitative estimate of drug-likeness (QED) is 0.225. The molecule has 5 rings (SSSR count). The zero-order chi connectivity index (χ0) is 31.4. The molecule has 0 unspecified atom stereocenters. The summed E-state index contributed by atoms with van der Waals surface area (Å²) < 4.78 is 30.0. The van der Waals surface area contributed by atoms with Crippen molar-refractivity contribution in [2.45, 2.75) is 26.5 Å². The normalized spacial score (nSPS) is 14.5. The monoisotopic (exact) mass is 634 g/mol. The van der Waals surface area contributed by atoms with Crippen molar-refractivity contribution in [3.63, 3.8) is 0 Å². The van der Waals surface area contributed by atoms with Crippen LogP contribution in [-0.2, 0) is 16.1 Å². The summed E-state index contributed by atoms with van der Waals surface area (Å²) in [6.45, 7) is 3.98. The van der Waals surface area contributed by atoms with Crippen molar-refractivity contribution in [1.29, 1.82) is 0 Å². The molecular formula is C33H31ClN2O7S. The summed E-state index contributed by atoms with van der Waals surface area (Å²) in [5, 5.41) is 0.655. The maximum atomic E-state index is 14.0. The minimum atomic E-state index is -0.827. The average molecular weight is 635 g/mol. The van der Waals surface area contributed by atoms with Crippen LogP contribution in [0.25, 0.3) is 6.08 Å². The molecule has 0 radical (unpaired) electrons. The molecule has 0 saturated carbocycles. The van der Waals surface area contributed by atoms with Gasteiger partial charge in [0.1, 0.15) is 24.1 Å². The summed E-state index contributed by atoms with van der Waals surface area (Å²) >= 11 is 7.21. The highest BCUT2D eigenvalue weighted by molar-refractivity contribution is 7.07. The van der Waals surface area contributed by atoms with Crippen LogP contribution < -0.4 is 33.8 Å². The molecule has 0 fully saturated rings. The molecule has 2 heterocycles. The Bertz CT molecular complexity index is 1910. The summed E-state index contributed by atoms with van der Waals surface area (Å²) in [7, 11) is 4.64. The van der Waals surface area contributed by atoms with E-state index in [2.05, 4.69) is 4.99 Å². The third-order valence-electron chi connectivity index (χ3n) is 7.05. The van der Waals surface area contributed by atoms with Crippen LogP contribution in [0.4, 0.5) is 0 Å². The van der Waals surface area contributed by atoms with Gasteiger partial charge < -0.3 is 23.7 Å². The second-order valence-electron chi connectivity index (χ2n) is 9.74. The Morgan fingerprint density at radius 2 is 1.73 bits per heavy atom. The Morgan fingerprint density at radius 3 is 2.41 bits per heavy atom. The second-order valence-corrected chi connectivity index (χ2v) is 11.2. The minimum absolute atomic E-state index is 0.174. The third-order valence-corrected chi connectivity index (χ3v) is 8.28. The fourth-order valence-corrected chi connectivity index (χ4v) is 6.09. The van der Waals surface area contributed by atoms with Crippen molar-refractivity contribution in [3.05, 3.63) is 113 Å². The van der Waals surface area contributed by atoms with Gasteiger partial charge in [-0.05, 0) is 67.4 Å². The SMILES string of the molecule is CCOC(=O)C1=C(C)N=c2s/c(=C\c3ccc(OCc4ccc(Cl)cc4)c(OC)c3)c(=O)n2[C@@H]1c1ccc(OC)cc1OC. The number of thiazole rings is 1. The number of carbonyl (C=O) groups excluding carboxylic acids is 1. The zero-order valence-electron chi connectivity index (χ0n) is 24.9. The maximum absolute atomic E-state index is 14.0. The van der Waals surface area contributed by atoms with E-state index in [1.165, 1.54) is 23.0 Å². The Morgan fingerprint density at radius 1 is 0.977 bits per heavy atom. The molecule has 0 bridgehead atoms. The zero-order valence-corrected chi connectivity index (χ0v) is 26.5. The molecule has 3 aromatic carbocycles. The van der Waals surface area contributed by atoms with Gasteiger partial charge in [0.25, 0.3) is 5.56 Å². The molecule has 1 aromatic heterocycles. The number of fused-ring (bicyclic) bond motifs is 1. The predicted molar refractivity (Wildman–Crippen MR) is 169 cm³/mol. The molecule has 228 valence electrons. The number of methoxy groups -OCH3 is 3. The first-order valence-corrected chi connectivity index (χ1v) is 14.9. The molecule has 1 aliphatic heterocycles. The van der Waals surface area contributed by atoms with Gasteiger partial charge in [-0.2, -0.15) is 0 Å². The van der Waals surface area contributed by atoms with Crippen molar-refractivity contribution in [2.75, 3.05) is 27.9 Å². The first-order chi connectivity index (χ1) is 21.3. The van der Waals surface area contributed by atoms with E-state index in [0.29, 0.717) is 55.2 Å². The van der Waals surface area contributed by atoms with Crippen LogP contribution in [0, 0.1) is 0 Å². The van der Waals surface area contributed by atoms with Crippen LogP contribution in [0.5, 0.6) is 23.0 Å². The van der Waals surface area contributed by atoms with Crippen LogP contribution in [0.3, 0.4) is 0 Å². The van der Waals surface area contributed by atoms with E-state index in [1.54, 1.807) is 64.5 Å². The lowest BCUT2D eigenvalue weighted by atomic mass is 9.95. The number of hydrogen-bond acceptors (Lipinski definition) is 9. The number of allylic oxidation sites excluding steroid dienone is 1. The lowest BCUT2D eigenvalue weighted by Gasteiger charge is -2.26. The van der Waals surface area contributed by atoms with E-state index in [1.807, 2.05) is 30.3 Å². The summed E-state index contributed by atoms with van der Waals surface area (Å²) in [6.07, 6.45) is 1.76. The van der Waals surface area contributed by atoms with Gasteiger partial charge in [0.2, 0.25) is 0 Å². The highest BCUT2D eigenvalue weighted by Gasteiger charge is 2.35. The molecule has 4 aromatic rings. The topological polar surface area (TPSA) is 97.6 Å². The molecule has 0 saturated heterocycles. The molecule has 0 spiro atoms. The first kappa shape index (κ1) is 30.9. The van der Waals surface area contributed by atoms with E-state index >= 15 is 0 Å². The van der Waals surface area contributed by atoms with Crippen LogP contribution in [0.15, 0.2) is 81.7 Å². The van der Waals surface area contributed by atoms with Gasteiger partial charge in [-0.25, -0.2) is 9.79 Å². The number of aromatic nitrogens is 1. The molecule has 44 heavy (non-hydrogen) atoms. The van der Waals surface area contributed by atoms with Crippen LogP contribution in [-0.4, -0.2) is 38.5 Å². The lowest BCUT2D eigenvalue weighted by Crippen LogP contribution is -2.40. The van der Waals surface area contributed by atoms with Crippen LogP contribution in [0.1, 0.15) is 36.6 Å². The van der Waals surface area contributed by atoms with Crippen molar-refractivity contribution in [3.8, 4) is 23.0 Å². The number of benzene rings is 3. The van der Waals surface area contributed by atoms with Gasteiger partial charge in [0.15, 0.2) is 16.3 Å². The van der Waals surface area contributed by atoms with Crippen molar-refractivity contribution >= 4 is 35.0 Å². The van der Waals surface area contributed by atoms with Crippen LogP contribution in [0.2, 0.25) is 5.02 Å². The van der Waals surface area contributed by atoms with E-state index in [-0.39, 0.29) is 17.7 Å². The fraction of sp³-hybridized carbons (Fsp3) is 0.242. The van der Waals surface area contributed by atoms with Crippen molar-refractivity contribution < 1.29 is 28.5 Å². The smallest absolute Gasteiger partial charge is 0.338 e. The van der Waals surface area contributed by atoms with Crippen molar-refractivity contribution in [1.82, 2.24) is 4.57 Å². The maximum Gasteiger partial charge on any atom is 0.338 e. The van der Waals surface area contributed by atoms with Gasteiger partial charge in [-0.1, -0.05) is 41.1 Å². The molecule has 11 heteroatoms. The number of halogens is 1. The summed E-state index contributed by atoms with van der Waals surface area (Å²) in [6, 6.07) is 17.3. The Kier molecular flexibility index (Phi) is 9.41. The second kappa shape index (κ2) is 13.4. The van der Waals surface area contributed by atoms with Gasteiger partial charge in [0, 0.05) is 16.7 Å². The number of rotatable bonds is 10. The lowest BCUT2D eigenvalue weighted by molar-refractivity contribution is -0.139. The van der Waals surface area contributed by atoms with E-state index < -0.39 is 12.0 Å². The number of carbonyl (C=O) groups is 1. The average Bonchev–Trinajstić information content (AvgIpc) is 3.33. The van der Waals surface area contributed by atoms with Gasteiger partial charge in [-0.3, -0.25) is 9.36 Å². The molecule has 1 atom stereocenters. The van der Waals surface area contributed by atoms with E-state index in [0.717, 1.165) is 11.1 Å². The minimum Gasteiger partial charge on any atom is -0.497 e. The van der Waals surface area contributed by atoms with Crippen LogP contribution >= 0.6 is 22.9 Å². The summed E-state index contributed by atoms with van der Waals surface area (Å²) in [5.41, 5.74) is 2.70. The number of hydrogen-bond donors (Lipinski definition) is 0. The van der Waals surface area contributed by atoms with E-state index in [9.17, 15) is 9.59 Å². The summed E-state index contributed by atoms with van der Waals surface area (Å²) in [4.78, 5) is 32.4. The predicted octanol–water partition coefficient (Wildman–Crippen LogP) is 5.06. The standard InChI is InChI=1S/C33H31ClN2O7S/c1-6-42-32(38)29-19(2)35-33-36(30(29)24-13-12-23(39-3)17-26(24)40-4)31(37)28(44-33)16-21-9-14-25(27(15-21)41-5)43-18-20-7-10-22(34)11-8-20/h7-17,30H,6,18H2,1-5H3/b28-16-/t30-/m1/s1. The Hall–Kier alpha value is -4.54. The summed E-state index contributed by atoms with van der Waals surface area (Å²) in [5.74, 6) is 1.55. The van der Waals surface area contributed by atoms with Gasteiger partial charge >= 0.3 is 5.97 Å². The molecule has 0 N–H and O–H groups in total. The van der Waals surface area contributed by atoms with E-state index in [4.69, 9.17) is 35.3 Å². The highest BCUT2D eigenvalue weighted by Crippen LogP contribution is 2.37. The molecule has 0 aliphatic carbocycles. The number of esters is 1. The Balaban J connectivity index is 1.57. The van der Waals surface area contributed by atoms with Gasteiger partial charge in [-0.15, -0.1) is 0 Å². The van der Waals surface area contributed by atoms with Crippen molar-refractivity contribution in [2.24, 2.45) is 4.99 Å². The molecular weight excluding hydrogens is 604 g/mol. The largest absolute Gasteiger partial charge is 0.497 e. The fourth-order valence-electron chi connectivity index (χ4n) is 4.92. The molecule has 0 amide bonds. The number of ether oxygens (including phenoxy) is 5. The highest BCUT2D eigenvalue weighted by atomic mass is 35.5. The Labute approximate surface area is 263 Å². The van der Waals surface area contributed by atoms with Gasteiger partial charge in [0.05, 0.1) is 43.7 Å². The number of nitrogens with zero attached hydrogens (tertiary/aromatic N) is 2. The first-order valence-electron chi connectivity index (χ1n) is 13.7. The molecule has 9 nitrogen and oxygen atoms in total. The third kappa shape index (κ3) is 6.22.